The summed E-state index contributed by atoms with van der Waals surface area (Å²) in [6.07, 6.45) is 0. The van der Waals surface area contributed by atoms with E-state index in [2.05, 4.69) is 4.74 Å². The molecule has 0 spiro atoms. The standard InChI is InChI=1S/C10H13NO2S/c1-13-10(12)9(11)7-14-8-5-3-2-4-6-8/h2-6,9H,7,11H2,1H3/t9-/m0/s1. The number of carbonyl (C=O) groups is 1. The molecule has 0 fully saturated rings. The number of hydrogen-bond donors (Lipinski definition) is 1. The molecule has 4 heteroatoms. The van der Waals surface area contributed by atoms with Crippen molar-refractivity contribution >= 4 is 17.7 Å². The quantitative estimate of drug-likeness (QED) is 0.602. The van der Waals surface area contributed by atoms with Crippen LogP contribution in [0.1, 0.15) is 0 Å². The third-order valence-corrected chi connectivity index (χ3v) is 2.81. The van der Waals surface area contributed by atoms with Gasteiger partial charge in [-0.1, -0.05) is 18.2 Å². The van der Waals surface area contributed by atoms with Gasteiger partial charge in [-0.3, -0.25) is 4.79 Å². The smallest absolute Gasteiger partial charge is 0.323 e. The van der Waals surface area contributed by atoms with Gasteiger partial charge in [0.15, 0.2) is 0 Å². The van der Waals surface area contributed by atoms with Gasteiger partial charge in [-0.25, -0.2) is 0 Å². The van der Waals surface area contributed by atoms with E-state index in [0.717, 1.165) is 4.90 Å². The van der Waals surface area contributed by atoms with Gasteiger partial charge in [0.1, 0.15) is 6.04 Å². The SMILES string of the molecule is COC(=O)[C@@H](N)CSc1ccccc1. The van der Waals surface area contributed by atoms with E-state index in [-0.39, 0.29) is 5.97 Å². The van der Waals surface area contributed by atoms with Crippen molar-refractivity contribution in [3.8, 4) is 0 Å². The highest BCUT2D eigenvalue weighted by Gasteiger charge is 2.13. The van der Waals surface area contributed by atoms with Crippen LogP contribution in [0.4, 0.5) is 0 Å². The van der Waals surface area contributed by atoms with Gasteiger partial charge in [0.2, 0.25) is 0 Å². The summed E-state index contributed by atoms with van der Waals surface area (Å²) in [5.74, 6) is 0.171. The Morgan fingerprint density at radius 1 is 1.50 bits per heavy atom. The number of ether oxygens (including phenoxy) is 1. The molecule has 3 nitrogen and oxygen atoms in total. The summed E-state index contributed by atoms with van der Waals surface area (Å²) in [5.41, 5.74) is 5.58. The van der Waals surface area contributed by atoms with Gasteiger partial charge in [-0.15, -0.1) is 11.8 Å². The average molecular weight is 211 g/mol. The largest absolute Gasteiger partial charge is 0.468 e. The van der Waals surface area contributed by atoms with Crippen LogP contribution in [-0.4, -0.2) is 24.9 Å². The molecule has 1 aromatic carbocycles. The first-order chi connectivity index (χ1) is 6.74. The zero-order valence-electron chi connectivity index (χ0n) is 7.97. The Hall–Kier alpha value is -1.00. The maximum atomic E-state index is 11.0. The van der Waals surface area contributed by atoms with Crippen LogP contribution in [0.2, 0.25) is 0 Å². The van der Waals surface area contributed by atoms with Crippen LogP contribution in [0.15, 0.2) is 35.2 Å². The summed E-state index contributed by atoms with van der Waals surface area (Å²) >= 11 is 1.55. The number of hydrogen-bond acceptors (Lipinski definition) is 4. The van der Waals surface area contributed by atoms with Gasteiger partial charge in [0.25, 0.3) is 0 Å². The van der Waals surface area contributed by atoms with Crippen LogP contribution in [0, 0.1) is 0 Å². The fraction of sp³-hybridized carbons (Fsp3) is 0.300. The molecule has 0 heterocycles. The first-order valence-electron chi connectivity index (χ1n) is 4.25. The normalized spacial score (nSPS) is 12.1. The maximum absolute atomic E-state index is 11.0. The summed E-state index contributed by atoms with van der Waals surface area (Å²) in [4.78, 5) is 12.1. The first kappa shape index (κ1) is 11.1. The summed E-state index contributed by atoms with van der Waals surface area (Å²) in [6.45, 7) is 0. The van der Waals surface area contributed by atoms with Crippen LogP contribution in [-0.2, 0) is 9.53 Å². The zero-order chi connectivity index (χ0) is 10.4. The van der Waals surface area contributed by atoms with Crippen molar-refractivity contribution in [2.45, 2.75) is 10.9 Å². The van der Waals surface area contributed by atoms with Crippen molar-refractivity contribution in [2.75, 3.05) is 12.9 Å². The molecular formula is C10H13NO2S. The monoisotopic (exact) mass is 211 g/mol. The Bertz CT molecular complexity index is 289. The van der Waals surface area contributed by atoms with Crippen molar-refractivity contribution in [3.05, 3.63) is 30.3 Å². The molecule has 1 rings (SSSR count). The van der Waals surface area contributed by atoms with E-state index in [0.29, 0.717) is 5.75 Å². The minimum Gasteiger partial charge on any atom is -0.468 e. The third kappa shape index (κ3) is 3.40. The molecule has 76 valence electrons. The van der Waals surface area contributed by atoms with Gasteiger partial charge in [0, 0.05) is 10.6 Å². The zero-order valence-corrected chi connectivity index (χ0v) is 8.79. The molecule has 0 aromatic heterocycles. The molecule has 1 aromatic rings. The predicted octanol–water partition coefficient (Wildman–Crippen LogP) is 1.28. The van der Waals surface area contributed by atoms with Crippen LogP contribution in [0.25, 0.3) is 0 Å². The van der Waals surface area contributed by atoms with E-state index in [9.17, 15) is 4.79 Å². The summed E-state index contributed by atoms with van der Waals surface area (Å²) < 4.78 is 4.52. The van der Waals surface area contributed by atoms with Gasteiger partial charge >= 0.3 is 5.97 Å². The fourth-order valence-electron chi connectivity index (χ4n) is 0.922. The molecule has 2 N–H and O–H groups in total. The highest BCUT2D eigenvalue weighted by atomic mass is 32.2. The maximum Gasteiger partial charge on any atom is 0.323 e. The molecule has 14 heavy (non-hydrogen) atoms. The van der Waals surface area contributed by atoms with Crippen LogP contribution in [0.5, 0.6) is 0 Å². The highest BCUT2D eigenvalue weighted by molar-refractivity contribution is 7.99. The number of methoxy groups -OCH3 is 1. The molecular weight excluding hydrogens is 198 g/mol. The number of rotatable bonds is 4. The molecule has 0 bridgehead atoms. The Kier molecular flexibility index (Phi) is 4.49. The lowest BCUT2D eigenvalue weighted by atomic mass is 10.4. The molecule has 0 radical (unpaired) electrons. The van der Waals surface area contributed by atoms with Crippen molar-refractivity contribution in [2.24, 2.45) is 5.73 Å². The van der Waals surface area contributed by atoms with E-state index < -0.39 is 6.04 Å². The van der Waals surface area contributed by atoms with Gasteiger partial charge < -0.3 is 10.5 Å². The Balaban J connectivity index is 2.38. The summed E-state index contributed by atoms with van der Waals surface area (Å²) in [5, 5.41) is 0. The van der Waals surface area contributed by atoms with E-state index in [4.69, 9.17) is 5.73 Å². The van der Waals surface area contributed by atoms with Crippen molar-refractivity contribution < 1.29 is 9.53 Å². The van der Waals surface area contributed by atoms with Crippen LogP contribution in [0.3, 0.4) is 0 Å². The number of thioether (sulfide) groups is 1. The third-order valence-electron chi connectivity index (χ3n) is 1.68. The molecule has 0 saturated heterocycles. The minimum atomic E-state index is -0.551. The molecule has 0 aliphatic rings. The van der Waals surface area contributed by atoms with Crippen LogP contribution >= 0.6 is 11.8 Å². The van der Waals surface area contributed by atoms with Crippen molar-refractivity contribution in [1.82, 2.24) is 0 Å². The summed E-state index contributed by atoms with van der Waals surface area (Å²) in [6, 6.07) is 9.26. The van der Waals surface area contributed by atoms with Gasteiger partial charge in [-0.05, 0) is 12.1 Å². The molecule has 0 aliphatic carbocycles. The molecule has 0 saturated carbocycles. The highest BCUT2D eigenvalue weighted by Crippen LogP contribution is 2.17. The number of benzene rings is 1. The van der Waals surface area contributed by atoms with Gasteiger partial charge in [-0.2, -0.15) is 0 Å². The molecule has 0 unspecified atom stereocenters. The topological polar surface area (TPSA) is 52.3 Å². The van der Waals surface area contributed by atoms with E-state index >= 15 is 0 Å². The Morgan fingerprint density at radius 2 is 2.14 bits per heavy atom. The van der Waals surface area contributed by atoms with Crippen molar-refractivity contribution in [3.63, 3.8) is 0 Å². The second-order valence-electron chi connectivity index (χ2n) is 2.75. The second-order valence-corrected chi connectivity index (χ2v) is 3.85. The predicted molar refractivity (Wildman–Crippen MR) is 57.2 cm³/mol. The lowest BCUT2D eigenvalue weighted by molar-refractivity contribution is -0.141. The molecule has 0 aliphatic heterocycles. The van der Waals surface area contributed by atoms with Crippen LogP contribution < -0.4 is 5.73 Å². The lowest BCUT2D eigenvalue weighted by Crippen LogP contribution is -2.33. The summed E-state index contributed by atoms with van der Waals surface area (Å²) in [7, 11) is 1.34. The first-order valence-corrected chi connectivity index (χ1v) is 5.24. The fourth-order valence-corrected chi connectivity index (χ4v) is 1.78. The van der Waals surface area contributed by atoms with E-state index in [1.807, 2.05) is 30.3 Å². The average Bonchev–Trinajstić information content (AvgIpc) is 2.26. The second kappa shape index (κ2) is 5.67. The lowest BCUT2D eigenvalue weighted by Gasteiger charge is -2.08. The number of esters is 1. The minimum absolute atomic E-state index is 0.367. The Morgan fingerprint density at radius 3 is 2.71 bits per heavy atom. The molecule has 0 amide bonds. The van der Waals surface area contributed by atoms with E-state index in [1.165, 1.54) is 7.11 Å². The van der Waals surface area contributed by atoms with Crippen molar-refractivity contribution in [1.29, 1.82) is 0 Å². The number of carbonyl (C=O) groups excluding carboxylic acids is 1. The molecule has 1 atom stereocenters. The van der Waals surface area contributed by atoms with E-state index in [1.54, 1.807) is 11.8 Å². The number of nitrogens with two attached hydrogens (primary N) is 1. The Labute approximate surface area is 87.6 Å². The van der Waals surface area contributed by atoms with Gasteiger partial charge in [0.05, 0.1) is 7.11 Å².